The van der Waals surface area contributed by atoms with Crippen LogP contribution in [0.1, 0.15) is 11.5 Å². The second kappa shape index (κ2) is 5.81. The second-order valence-electron chi connectivity index (χ2n) is 5.02. The lowest BCUT2D eigenvalue weighted by molar-refractivity contribution is 0.219. The number of hydrogen-bond acceptors (Lipinski definition) is 5. The molecule has 1 aliphatic rings. The van der Waals surface area contributed by atoms with Gasteiger partial charge in [0.15, 0.2) is 5.76 Å². The minimum atomic E-state index is 0.715. The Kier molecular flexibility index (Phi) is 3.89. The molecule has 3 rings (SSSR count). The fourth-order valence-corrected chi connectivity index (χ4v) is 2.72. The molecule has 0 spiro atoms. The molecule has 0 aromatic carbocycles. The highest BCUT2D eigenvalue weighted by atomic mass is 35.5. The Hall–Kier alpha value is -1.59. The summed E-state index contributed by atoms with van der Waals surface area (Å²) in [5.74, 6) is 0.929. The van der Waals surface area contributed by atoms with Crippen LogP contribution < -0.4 is 4.90 Å². The van der Waals surface area contributed by atoms with Gasteiger partial charge in [-0.1, -0.05) is 16.8 Å². The molecule has 3 heterocycles. The Balaban J connectivity index is 1.58. The molecule has 0 saturated carbocycles. The number of aromatic nitrogens is 2. The number of aryl methyl sites for hydroxylation is 1. The lowest BCUT2D eigenvalue weighted by atomic mass is 10.2. The van der Waals surface area contributed by atoms with Gasteiger partial charge in [-0.05, 0) is 13.0 Å². The van der Waals surface area contributed by atoms with Crippen LogP contribution in [-0.2, 0) is 6.54 Å². The summed E-state index contributed by atoms with van der Waals surface area (Å²) in [7, 11) is 0. The number of nitrogens with zero attached hydrogens (tertiary/aromatic N) is 4. The largest absolute Gasteiger partial charge is 0.368 e. The Morgan fingerprint density at radius 2 is 2.10 bits per heavy atom. The van der Waals surface area contributed by atoms with Crippen molar-refractivity contribution >= 4 is 17.3 Å². The van der Waals surface area contributed by atoms with Gasteiger partial charge in [0.05, 0.1) is 22.9 Å². The molecule has 0 N–H and O–H groups in total. The molecular weight excluding hydrogens is 276 g/mol. The zero-order chi connectivity index (χ0) is 13.9. The van der Waals surface area contributed by atoms with Crippen LogP contribution in [0.3, 0.4) is 0 Å². The molecule has 0 bridgehead atoms. The SMILES string of the molecule is Cc1cc(CN2CCN(c3ccncc3Cl)CC2)on1. The molecule has 6 heteroatoms. The van der Waals surface area contributed by atoms with E-state index in [1.165, 1.54) is 0 Å². The minimum absolute atomic E-state index is 0.715. The van der Waals surface area contributed by atoms with E-state index in [1.807, 2.05) is 19.1 Å². The quantitative estimate of drug-likeness (QED) is 0.869. The van der Waals surface area contributed by atoms with Crippen LogP contribution in [0.2, 0.25) is 5.02 Å². The van der Waals surface area contributed by atoms with Crippen LogP contribution in [0.4, 0.5) is 5.69 Å². The van der Waals surface area contributed by atoms with Crippen LogP contribution in [-0.4, -0.2) is 41.2 Å². The predicted molar refractivity (Wildman–Crippen MR) is 78.0 cm³/mol. The van der Waals surface area contributed by atoms with E-state index in [-0.39, 0.29) is 0 Å². The van der Waals surface area contributed by atoms with Crippen molar-refractivity contribution in [2.24, 2.45) is 0 Å². The first kappa shape index (κ1) is 13.4. The topological polar surface area (TPSA) is 45.4 Å². The molecule has 1 fully saturated rings. The van der Waals surface area contributed by atoms with E-state index in [9.17, 15) is 0 Å². The lowest BCUT2D eigenvalue weighted by Crippen LogP contribution is -2.46. The van der Waals surface area contributed by atoms with Gasteiger partial charge in [0.25, 0.3) is 0 Å². The molecule has 0 aliphatic carbocycles. The minimum Gasteiger partial charge on any atom is -0.368 e. The van der Waals surface area contributed by atoms with Crippen LogP contribution in [0, 0.1) is 6.92 Å². The van der Waals surface area contributed by atoms with Crippen LogP contribution >= 0.6 is 11.6 Å². The van der Waals surface area contributed by atoms with Crippen molar-refractivity contribution in [3.63, 3.8) is 0 Å². The highest BCUT2D eigenvalue weighted by molar-refractivity contribution is 6.33. The molecule has 1 aliphatic heterocycles. The normalized spacial score (nSPS) is 16.6. The maximum Gasteiger partial charge on any atom is 0.150 e. The molecule has 0 radical (unpaired) electrons. The number of pyridine rings is 1. The first-order chi connectivity index (χ1) is 9.72. The lowest BCUT2D eigenvalue weighted by Gasteiger charge is -2.35. The summed E-state index contributed by atoms with van der Waals surface area (Å²) in [5.41, 5.74) is 2.00. The fraction of sp³-hybridized carbons (Fsp3) is 0.429. The van der Waals surface area contributed by atoms with Crippen molar-refractivity contribution in [3.05, 3.63) is 41.0 Å². The van der Waals surface area contributed by atoms with Gasteiger partial charge in [-0.25, -0.2) is 0 Å². The van der Waals surface area contributed by atoms with E-state index in [1.54, 1.807) is 12.4 Å². The summed E-state index contributed by atoms with van der Waals surface area (Å²) in [5, 5.41) is 4.63. The molecule has 106 valence electrons. The predicted octanol–water partition coefficient (Wildman–Crippen LogP) is 2.35. The van der Waals surface area contributed by atoms with Crippen LogP contribution in [0.25, 0.3) is 0 Å². The van der Waals surface area contributed by atoms with Gasteiger partial charge in [-0.2, -0.15) is 0 Å². The van der Waals surface area contributed by atoms with E-state index in [4.69, 9.17) is 16.1 Å². The standard InChI is InChI=1S/C14H17ClN4O/c1-11-8-12(20-17-11)10-18-4-6-19(7-5-18)14-2-3-16-9-13(14)15/h2-3,8-9H,4-7,10H2,1H3. The van der Waals surface area contributed by atoms with Gasteiger partial charge in [-0.3, -0.25) is 9.88 Å². The Labute approximate surface area is 123 Å². The van der Waals surface area contributed by atoms with Gasteiger partial charge < -0.3 is 9.42 Å². The van der Waals surface area contributed by atoms with Gasteiger partial charge in [-0.15, -0.1) is 0 Å². The van der Waals surface area contributed by atoms with Crippen molar-refractivity contribution in [1.82, 2.24) is 15.0 Å². The molecule has 0 amide bonds. The third-order valence-corrected chi connectivity index (χ3v) is 3.81. The number of anilines is 1. The third-order valence-electron chi connectivity index (χ3n) is 3.52. The summed E-state index contributed by atoms with van der Waals surface area (Å²) in [6.07, 6.45) is 3.48. The number of halogens is 1. The summed E-state index contributed by atoms with van der Waals surface area (Å²) in [6, 6.07) is 3.96. The van der Waals surface area contributed by atoms with Crippen LogP contribution in [0.5, 0.6) is 0 Å². The van der Waals surface area contributed by atoms with Gasteiger partial charge in [0, 0.05) is 44.6 Å². The zero-order valence-electron chi connectivity index (χ0n) is 11.4. The molecular formula is C14H17ClN4O. The molecule has 1 saturated heterocycles. The summed E-state index contributed by atoms with van der Waals surface area (Å²) < 4.78 is 5.26. The monoisotopic (exact) mass is 292 g/mol. The molecule has 2 aromatic heterocycles. The van der Waals surface area contributed by atoms with Gasteiger partial charge in [0.2, 0.25) is 0 Å². The molecule has 5 nitrogen and oxygen atoms in total. The third kappa shape index (κ3) is 2.94. The molecule has 2 aromatic rings. The van der Waals surface area contributed by atoms with Gasteiger partial charge in [0.1, 0.15) is 0 Å². The van der Waals surface area contributed by atoms with Gasteiger partial charge >= 0.3 is 0 Å². The molecule has 0 unspecified atom stereocenters. The van der Waals surface area contributed by atoms with Crippen molar-refractivity contribution < 1.29 is 4.52 Å². The number of rotatable bonds is 3. The van der Waals surface area contributed by atoms with Crippen molar-refractivity contribution in [2.75, 3.05) is 31.1 Å². The molecule has 0 atom stereocenters. The maximum atomic E-state index is 6.19. The average Bonchev–Trinajstić information content (AvgIpc) is 2.86. The van der Waals surface area contributed by atoms with E-state index < -0.39 is 0 Å². The Bertz CT molecular complexity index is 578. The number of piperazine rings is 1. The van der Waals surface area contributed by atoms with E-state index in [0.717, 1.165) is 49.9 Å². The first-order valence-corrected chi connectivity index (χ1v) is 7.09. The molecule has 20 heavy (non-hydrogen) atoms. The maximum absolute atomic E-state index is 6.19. The summed E-state index contributed by atoms with van der Waals surface area (Å²) in [4.78, 5) is 8.69. The second-order valence-corrected chi connectivity index (χ2v) is 5.43. The average molecular weight is 293 g/mol. The highest BCUT2D eigenvalue weighted by Crippen LogP contribution is 2.25. The van der Waals surface area contributed by atoms with Crippen LogP contribution in [0.15, 0.2) is 29.0 Å². The zero-order valence-corrected chi connectivity index (χ0v) is 12.2. The summed E-state index contributed by atoms with van der Waals surface area (Å²) >= 11 is 6.19. The highest BCUT2D eigenvalue weighted by Gasteiger charge is 2.19. The van der Waals surface area contributed by atoms with Crippen molar-refractivity contribution in [1.29, 1.82) is 0 Å². The smallest absolute Gasteiger partial charge is 0.150 e. The number of hydrogen-bond donors (Lipinski definition) is 0. The summed E-state index contributed by atoms with van der Waals surface area (Å²) in [6.45, 7) is 6.64. The van der Waals surface area contributed by atoms with Crippen molar-refractivity contribution in [2.45, 2.75) is 13.5 Å². The van der Waals surface area contributed by atoms with E-state index >= 15 is 0 Å². The fourth-order valence-electron chi connectivity index (χ4n) is 2.48. The van der Waals surface area contributed by atoms with E-state index in [0.29, 0.717) is 5.02 Å². The van der Waals surface area contributed by atoms with E-state index in [2.05, 4.69) is 19.9 Å². The first-order valence-electron chi connectivity index (χ1n) is 6.71. The Morgan fingerprint density at radius 3 is 2.75 bits per heavy atom. The Morgan fingerprint density at radius 1 is 1.30 bits per heavy atom. The van der Waals surface area contributed by atoms with Crippen molar-refractivity contribution in [3.8, 4) is 0 Å².